The van der Waals surface area contributed by atoms with Crippen molar-refractivity contribution < 1.29 is 12.4 Å². The van der Waals surface area contributed by atoms with Crippen LogP contribution in [-0.2, 0) is 6.42 Å². The fraction of sp³-hybridized carbons (Fsp3) is 0.250. The largest absolute Gasteiger partial charge is 1.00 e. The Morgan fingerprint density at radius 1 is 1.40 bits per heavy atom. The van der Waals surface area contributed by atoms with Gasteiger partial charge in [0.15, 0.2) is 0 Å². The minimum Gasteiger partial charge on any atom is -1.00 e. The summed E-state index contributed by atoms with van der Waals surface area (Å²) in [5.41, 5.74) is 1.43. The van der Waals surface area contributed by atoms with Gasteiger partial charge in [-0.3, -0.25) is 0 Å². The molecule has 56 valence electrons. The fourth-order valence-corrected chi connectivity index (χ4v) is 1.25. The van der Waals surface area contributed by atoms with Gasteiger partial charge in [0, 0.05) is 9.24 Å². The normalized spacial score (nSPS) is 8.90. The van der Waals surface area contributed by atoms with Gasteiger partial charge in [0.05, 0.1) is 5.30 Å². The SMILES string of the molecule is CCc1cccc([PH3+])c1.[Cl-]. The summed E-state index contributed by atoms with van der Waals surface area (Å²) in [6.07, 6.45) is 1.14. The smallest absolute Gasteiger partial charge is 0.0867 e. The Hall–Kier alpha value is -0.0600. The summed E-state index contributed by atoms with van der Waals surface area (Å²) in [4.78, 5) is 0. The van der Waals surface area contributed by atoms with Crippen LogP contribution in [0.4, 0.5) is 0 Å². The van der Waals surface area contributed by atoms with E-state index in [0.29, 0.717) is 0 Å². The molecule has 0 N–H and O–H groups in total. The third kappa shape index (κ3) is 2.68. The average molecular weight is 175 g/mol. The van der Waals surface area contributed by atoms with Crippen LogP contribution in [0.2, 0.25) is 0 Å². The lowest BCUT2D eigenvalue weighted by Crippen LogP contribution is -3.00. The van der Waals surface area contributed by atoms with Crippen LogP contribution >= 0.6 is 9.24 Å². The molecule has 0 bridgehead atoms. The Morgan fingerprint density at radius 3 is 2.50 bits per heavy atom. The van der Waals surface area contributed by atoms with Crippen molar-refractivity contribution >= 4 is 14.5 Å². The second kappa shape index (κ2) is 4.71. The summed E-state index contributed by atoms with van der Waals surface area (Å²) in [7, 11) is 1.93. The summed E-state index contributed by atoms with van der Waals surface area (Å²) in [5.74, 6) is 0. The van der Waals surface area contributed by atoms with Gasteiger partial charge >= 0.3 is 0 Å². The minimum absolute atomic E-state index is 0. The number of halogens is 1. The van der Waals surface area contributed by atoms with Gasteiger partial charge in [-0.15, -0.1) is 0 Å². The summed E-state index contributed by atoms with van der Waals surface area (Å²) < 4.78 is 0. The molecule has 0 aliphatic carbocycles. The minimum atomic E-state index is 0. The van der Waals surface area contributed by atoms with Crippen molar-refractivity contribution in [2.24, 2.45) is 0 Å². The number of rotatable bonds is 1. The molecule has 1 aromatic carbocycles. The van der Waals surface area contributed by atoms with Crippen LogP contribution in [0, 0.1) is 0 Å². The van der Waals surface area contributed by atoms with E-state index in [0.717, 1.165) is 6.42 Å². The molecule has 0 fully saturated rings. The molecule has 0 saturated heterocycles. The summed E-state index contributed by atoms with van der Waals surface area (Å²) in [6, 6.07) is 8.65. The molecule has 1 rings (SSSR count). The molecule has 1 aromatic rings. The van der Waals surface area contributed by atoms with Crippen LogP contribution in [-0.4, -0.2) is 0 Å². The zero-order valence-corrected chi connectivity index (χ0v) is 8.27. The Kier molecular flexibility index (Phi) is 4.68. The molecular formula is C8H12ClP. The zero-order chi connectivity index (χ0) is 6.69. The van der Waals surface area contributed by atoms with Gasteiger partial charge in [-0.2, -0.15) is 0 Å². The predicted octanol–water partition coefficient (Wildman–Crippen LogP) is -1.51. The summed E-state index contributed by atoms with van der Waals surface area (Å²) in [5, 5.41) is 1.38. The first-order valence-electron chi connectivity index (χ1n) is 3.24. The second-order valence-electron chi connectivity index (χ2n) is 2.17. The standard InChI is InChI=1S/C8H11P.ClH/c1-2-7-4-3-5-8(9)6-7;/h3-6H,2,9H2,1H3;1H. The third-order valence-corrected chi connectivity index (χ3v) is 1.84. The first-order valence-corrected chi connectivity index (χ1v) is 3.94. The monoisotopic (exact) mass is 174 g/mol. The maximum atomic E-state index is 2.23. The number of hydrogen-bond donors (Lipinski definition) is 0. The van der Waals surface area contributed by atoms with Gasteiger partial charge in [0.1, 0.15) is 0 Å². The molecule has 0 radical (unpaired) electrons. The van der Waals surface area contributed by atoms with Crippen LogP contribution in [0.5, 0.6) is 0 Å². The molecule has 0 heterocycles. The van der Waals surface area contributed by atoms with Crippen molar-refractivity contribution in [3.05, 3.63) is 29.8 Å². The second-order valence-corrected chi connectivity index (χ2v) is 2.99. The third-order valence-electron chi connectivity index (χ3n) is 1.40. The molecule has 0 amide bonds. The van der Waals surface area contributed by atoms with Crippen molar-refractivity contribution in [3.8, 4) is 0 Å². The maximum Gasteiger partial charge on any atom is 0.0867 e. The van der Waals surface area contributed by atoms with Crippen LogP contribution in [0.3, 0.4) is 0 Å². The quantitative estimate of drug-likeness (QED) is 0.454. The number of benzene rings is 1. The van der Waals surface area contributed by atoms with E-state index in [2.05, 4.69) is 31.2 Å². The first-order chi connectivity index (χ1) is 4.33. The van der Waals surface area contributed by atoms with Crippen LogP contribution < -0.4 is 17.7 Å². The zero-order valence-electron chi connectivity index (χ0n) is 6.10. The van der Waals surface area contributed by atoms with E-state index >= 15 is 0 Å². The van der Waals surface area contributed by atoms with E-state index in [1.807, 2.05) is 9.24 Å². The molecule has 0 aromatic heterocycles. The van der Waals surface area contributed by atoms with Crippen LogP contribution in [0.15, 0.2) is 24.3 Å². The van der Waals surface area contributed by atoms with Crippen molar-refractivity contribution in [2.45, 2.75) is 13.3 Å². The van der Waals surface area contributed by atoms with E-state index < -0.39 is 0 Å². The highest BCUT2D eigenvalue weighted by Crippen LogP contribution is 1.98. The van der Waals surface area contributed by atoms with Gasteiger partial charge in [-0.1, -0.05) is 19.1 Å². The van der Waals surface area contributed by atoms with Crippen LogP contribution in [0.1, 0.15) is 12.5 Å². The molecule has 1 unspecified atom stereocenters. The lowest BCUT2D eigenvalue weighted by Gasteiger charge is -1.92. The molecule has 2 heteroatoms. The van der Waals surface area contributed by atoms with Gasteiger partial charge in [0.2, 0.25) is 0 Å². The highest BCUT2D eigenvalue weighted by Gasteiger charge is 1.89. The average Bonchev–Trinajstić information content (AvgIpc) is 1.88. The van der Waals surface area contributed by atoms with E-state index in [1.54, 1.807) is 0 Å². The van der Waals surface area contributed by atoms with Gasteiger partial charge in [0.25, 0.3) is 0 Å². The van der Waals surface area contributed by atoms with Gasteiger partial charge < -0.3 is 12.4 Å². The first kappa shape index (κ1) is 9.94. The Balaban J connectivity index is 0.000000810. The summed E-state index contributed by atoms with van der Waals surface area (Å²) >= 11 is 0. The van der Waals surface area contributed by atoms with E-state index in [4.69, 9.17) is 0 Å². The van der Waals surface area contributed by atoms with E-state index in [1.165, 1.54) is 10.9 Å². The molecule has 0 aliphatic rings. The molecule has 1 atom stereocenters. The molecule has 0 nitrogen and oxygen atoms in total. The van der Waals surface area contributed by atoms with E-state index in [9.17, 15) is 0 Å². The molecule has 10 heavy (non-hydrogen) atoms. The molecule has 0 spiro atoms. The van der Waals surface area contributed by atoms with Crippen molar-refractivity contribution in [1.29, 1.82) is 0 Å². The molecule has 0 saturated carbocycles. The maximum absolute atomic E-state index is 2.23. The molecule has 0 aliphatic heterocycles. The highest BCUT2D eigenvalue weighted by atomic mass is 35.5. The Morgan fingerprint density at radius 2 is 2.10 bits per heavy atom. The van der Waals surface area contributed by atoms with Crippen molar-refractivity contribution in [3.63, 3.8) is 0 Å². The summed E-state index contributed by atoms with van der Waals surface area (Å²) in [6.45, 7) is 2.18. The van der Waals surface area contributed by atoms with Gasteiger partial charge in [-0.25, -0.2) is 0 Å². The van der Waals surface area contributed by atoms with Gasteiger partial charge in [-0.05, 0) is 24.1 Å². The Labute approximate surface area is 70.6 Å². The van der Waals surface area contributed by atoms with Crippen LogP contribution in [0.25, 0.3) is 0 Å². The van der Waals surface area contributed by atoms with E-state index in [-0.39, 0.29) is 12.4 Å². The number of aryl methyl sites for hydroxylation is 1. The van der Waals surface area contributed by atoms with Crippen molar-refractivity contribution in [2.75, 3.05) is 0 Å². The number of hydrogen-bond acceptors (Lipinski definition) is 0. The lowest BCUT2D eigenvalue weighted by molar-refractivity contribution is -0.00000178. The Bertz CT molecular complexity index is 198. The highest BCUT2D eigenvalue weighted by molar-refractivity contribution is 7.27. The lowest BCUT2D eigenvalue weighted by atomic mass is 10.2. The topological polar surface area (TPSA) is 0 Å². The fourth-order valence-electron chi connectivity index (χ4n) is 0.850. The predicted molar refractivity (Wildman–Crippen MR) is 46.6 cm³/mol. The van der Waals surface area contributed by atoms with Crippen molar-refractivity contribution in [1.82, 2.24) is 0 Å². The molecular weight excluding hydrogens is 163 g/mol.